The van der Waals surface area contributed by atoms with E-state index in [2.05, 4.69) is 32.0 Å². The van der Waals surface area contributed by atoms with E-state index < -0.39 is 0 Å². The summed E-state index contributed by atoms with van der Waals surface area (Å²) in [6.45, 7) is 6.86. The van der Waals surface area contributed by atoms with Crippen molar-refractivity contribution >= 4 is 11.5 Å². The van der Waals surface area contributed by atoms with Crippen molar-refractivity contribution in [1.29, 1.82) is 0 Å². The van der Waals surface area contributed by atoms with Crippen molar-refractivity contribution in [3.8, 4) is 0 Å². The molecule has 1 aliphatic heterocycles. The Labute approximate surface area is 132 Å². The minimum atomic E-state index is -0.213. The Bertz CT molecular complexity index is 613. The van der Waals surface area contributed by atoms with Gasteiger partial charge in [0.25, 0.3) is 0 Å². The van der Waals surface area contributed by atoms with Gasteiger partial charge in [-0.2, -0.15) is 0 Å². The molecule has 0 amide bonds. The molecule has 1 aliphatic carbocycles. The number of carbonyl (C=O) groups excluding carboxylic acids is 1. The van der Waals surface area contributed by atoms with Crippen LogP contribution in [0.15, 0.2) is 30.0 Å². The van der Waals surface area contributed by atoms with E-state index in [0.717, 1.165) is 30.6 Å². The van der Waals surface area contributed by atoms with Crippen LogP contribution in [0.1, 0.15) is 63.7 Å². The van der Waals surface area contributed by atoms with Gasteiger partial charge in [0.2, 0.25) is 0 Å². The predicted molar refractivity (Wildman–Crippen MR) is 86.1 cm³/mol. The van der Waals surface area contributed by atoms with E-state index in [1.807, 2.05) is 13.0 Å². The third-order valence-corrected chi connectivity index (χ3v) is 4.60. The van der Waals surface area contributed by atoms with Gasteiger partial charge in [0.1, 0.15) is 11.9 Å². The Kier molecular flexibility index (Phi) is 3.98. The lowest BCUT2D eigenvalue weighted by molar-refractivity contribution is -0.145. The standard InChI is InChI=1S/C19H24O3/c1-4-21-18(20)11-17-14-8-6-5-7-13(14)15-12-19(2,3)10-9-16(15)22-17/h5-8,17H,4,9-12H2,1-3H3/t17-/m0/s1. The summed E-state index contributed by atoms with van der Waals surface area (Å²) in [5.74, 6) is 0.884. The van der Waals surface area contributed by atoms with Crippen molar-refractivity contribution in [3.05, 3.63) is 41.2 Å². The van der Waals surface area contributed by atoms with Crippen LogP contribution >= 0.6 is 0 Å². The van der Waals surface area contributed by atoms with Gasteiger partial charge in [-0.15, -0.1) is 0 Å². The Morgan fingerprint density at radius 2 is 2.14 bits per heavy atom. The van der Waals surface area contributed by atoms with Crippen LogP contribution in [-0.4, -0.2) is 12.6 Å². The zero-order valence-electron chi connectivity index (χ0n) is 13.6. The number of allylic oxidation sites excluding steroid dienone is 2. The lowest BCUT2D eigenvalue weighted by Crippen LogP contribution is -2.25. The third kappa shape index (κ3) is 2.90. The molecule has 3 rings (SSSR count). The second kappa shape index (κ2) is 5.79. The normalized spacial score (nSPS) is 22.4. The van der Waals surface area contributed by atoms with E-state index in [9.17, 15) is 4.79 Å². The molecule has 2 aliphatic rings. The maximum atomic E-state index is 11.9. The van der Waals surface area contributed by atoms with Gasteiger partial charge in [-0.1, -0.05) is 38.1 Å². The van der Waals surface area contributed by atoms with Gasteiger partial charge < -0.3 is 9.47 Å². The molecule has 0 fully saturated rings. The number of fused-ring (bicyclic) bond motifs is 2. The first kappa shape index (κ1) is 15.1. The fraction of sp³-hybridized carbons (Fsp3) is 0.526. The molecule has 0 spiro atoms. The third-order valence-electron chi connectivity index (χ3n) is 4.60. The second-order valence-electron chi connectivity index (χ2n) is 6.95. The summed E-state index contributed by atoms with van der Waals surface area (Å²) in [5.41, 5.74) is 4.01. The van der Waals surface area contributed by atoms with Crippen LogP contribution in [0.3, 0.4) is 0 Å². The summed E-state index contributed by atoms with van der Waals surface area (Å²) in [4.78, 5) is 11.9. The SMILES string of the molecule is CCOC(=O)C[C@@H]1OC2=C(CC(C)(C)CC2)c2ccccc21. The average molecular weight is 300 g/mol. The van der Waals surface area contributed by atoms with Gasteiger partial charge in [-0.05, 0) is 36.3 Å². The van der Waals surface area contributed by atoms with Gasteiger partial charge >= 0.3 is 5.97 Å². The molecule has 0 saturated carbocycles. The Hall–Kier alpha value is -1.77. The van der Waals surface area contributed by atoms with Crippen LogP contribution in [0.2, 0.25) is 0 Å². The number of ether oxygens (including phenoxy) is 2. The number of hydrogen-bond donors (Lipinski definition) is 0. The molecule has 22 heavy (non-hydrogen) atoms. The van der Waals surface area contributed by atoms with Crippen molar-refractivity contribution in [3.63, 3.8) is 0 Å². The fourth-order valence-corrected chi connectivity index (χ4v) is 3.45. The van der Waals surface area contributed by atoms with E-state index in [1.54, 1.807) is 0 Å². The highest BCUT2D eigenvalue weighted by Gasteiger charge is 2.35. The summed E-state index contributed by atoms with van der Waals surface area (Å²) >= 11 is 0. The highest BCUT2D eigenvalue weighted by Crippen LogP contribution is 2.49. The van der Waals surface area contributed by atoms with Crippen LogP contribution in [-0.2, 0) is 14.3 Å². The molecule has 0 N–H and O–H groups in total. The lowest BCUT2D eigenvalue weighted by Gasteiger charge is -2.38. The Balaban J connectivity index is 1.93. The number of hydrogen-bond acceptors (Lipinski definition) is 3. The minimum absolute atomic E-state index is 0.192. The number of benzene rings is 1. The summed E-state index contributed by atoms with van der Waals surface area (Å²) in [5, 5.41) is 0. The molecule has 0 saturated heterocycles. The first-order valence-corrected chi connectivity index (χ1v) is 8.14. The molecule has 3 nitrogen and oxygen atoms in total. The zero-order chi connectivity index (χ0) is 15.7. The summed E-state index contributed by atoms with van der Waals surface area (Å²) in [6.07, 6.45) is 3.18. The molecule has 1 aromatic carbocycles. The first-order valence-electron chi connectivity index (χ1n) is 8.14. The Morgan fingerprint density at radius 1 is 1.36 bits per heavy atom. The Morgan fingerprint density at radius 3 is 2.91 bits per heavy atom. The van der Waals surface area contributed by atoms with Crippen molar-refractivity contribution in [2.45, 2.75) is 52.6 Å². The zero-order valence-corrected chi connectivity index (χ0v) is 13.6. The molecular weight excluding hydrogens is 276 g/mol. The van der Waals surface area contributed by atoms with Gasteiger partial charge in [-0.25, -0.2) is 0 Å². The van der Waals surface area contributed by atoms with E-state index in [-0.39, 0.29) is 18.5 Å². The van der Waals surface area contributed by atoms with Crippen molar-refractivity contribution in [1.82, 2.24) is 0 Å². The van der Waals surface area contributed by atoms with E-state index in [1.165, 1.54) is 11.1 Å². The van der Waals surface area contributed by atoms with Crippen LogP contribution in [0.5, 0.6) is 0 Å². The number of rotatable bonds is 3. The molecular formula is C19H24O3. The number of carbonyl (C=O) groups is 1. The van der Waals surface area contributed by atoms with Crippen LogP contribution in [0.25, 0.3) is 5.57 Å². The van der Waals surface area contributed by atoms with Crippen molar-refractivity contribution < 1.29 is 14.3 Å². The summed E-state index contributed by atoms with van der Waals surface area (Å²) in [7, 11) is 0. The molecule has 1 heterocycles. The summed E-state index contributed by atoms with van der Waals surface area (Å²) in [6, 6.07) is 8.31. The van der Waals surface area contributed by atoms with E-state index in [4.69, 9.17) is 9.47 Å². The topological polar surface area (TPSA) is 35.5 Å². The summed E-state index contributed by atoms with van der Waals surface area (Å²) < 4.78 is 11.3. The van der Waals surface area contributed by atoms with E-state index >= 15 is 0 Å². The largest absolute Gasteiger partial charge is 0.489 e. The molecule has 0 radical (unpaired) electrons. The molecule has 0 aromatic heterocycles. The molecule has 1 atom stereocenters. The van der Waals surface area contributed by atoms with Crippen molar-refractivity contribution in [2.24, 2.45) is 5.41 Å². The van der Waals surface area contributed by atoms with Crippen LogP contribution in [0.4, 0.5) is 0 Å². The maximum absolute atomic E-state index is 11.9. The highest BCUT2D eigenvalue weighted by atomic mass is 16.5. The fourth-order valence-electron chi connectivity index (χ4n) is 3.45. The van der Waals surface area contributed by atoms with Gasteiger partial charge in [0, 0.05) is 12.0 Å². The van der Waals surface area contributed by atoms with E-state index in [0.29, 0.717) is 12.0 Å². The van der Waals surface area contributed by atoms with Gasteiger partial charge in [0.05, 0.1) is 13.0 Å². The average Bonchev–Trinajstić information content (AvgIpc) is 2.48. The molecule has 0 unspecified atom stereocenters. The first-order chi connectivity index (χ1) is 10.5. The molecule has 1 aromatic rings. The van der Waals surface area contributed by atoms with Gasteiger partial charge in [0.15, 0.2) is 0 Å². The highest BCUT2D eigenvalue weighted by molar-refractivity contribution is 5.75. The smallest absolute Gasteiger partial charge is 0.309 e. The second-order valence-corrected chi connectivity index (χ2v) is 6.95. The maximum Gasteiger partial charge on any atom is 0.309 e. The quantitative estimate of drug-likeness (QED) is 0.763. The molecule has 118 valence electrons. The van der Waals surface area contributed by atoms with Gasteiger partial charge in [-0.3, -0.25) is 4.79 Å². The molecule has 0 bridgehead atoms. The number of esters is 1. The molecule has 3 heteroatoms. The predicted octanol–water partition coefficient (Wildman–Crippen LogP) is 4.63. The lowest BCUT2D eigenvalue weighted by atomic mass is 9.73. The minimum Gasteiger partial charge on any atom is -0.489 e. The van der Waals surface area contributed by atoms with Crippen LogP contribution in [0, 0.1) is 5.41 Å². The monoisotopic (exact) mass is 300 g/mol. The van der Waals surface area contributed by atoms with Crippen molar-refractivity contribution in [2.75, 3.05) is 6.61 Å². The van der Waals surface area contributed by atoms with Crippen LogP contribution < -0.4 is 0 Å².